The topological polar surface area (TPSA) is 143 Å². The van der Waals surface area contributed by atoms with Gasteiger partial charge in [0.25, 0.3) is 0 Å². The van der Waals surface area contributed by atoms with E-state index in [0.717, 1.165) is 32.1 Å². The fourth-order valence-corrected chi connectivity index (χ4v) is 4.07. The van der Waals surface area contributed by atoms with E-state index in [9.17, 15) is 19.4 Å². The molecule has 4 N–H and O–H groups in total. The fraction of sp³-hybridized carbons (Fsp3) is 0.880. The standard InChI is InChI=1S/C25H49O9P/c1-2-3-4-5-6-7-8-9-10-11-12-13-14-15-16-17-18-25(29)32-20-24(28)22-34-35(30,31)33-21-23(27)19-26/h10-11,23-24,26-28H,2-9,12-22H2,1H3,(H,30,31)/b11-10-. The molecule has 0 saturated carbocycles. The molecule has 0 aromatic rings. The molecule has 0 aliphatic heterocycles. The van der Waals surface area contributed by atoms with Crippen LogP contribution >= 0.6 is 7.82 Å². The summed E-state index contributed by atoms with van der Waals surface area (Å²) in [6.45, 7) is 0.0846. The van der Waals surface area contributed by atoms with Gasteiger partial charge in [-0.25, -0.2) is 4.57 Å². The van der Waals surface area contributed by atoms with E-state index in [0.29, 0.717) is 6.42 Å². The van der Waals surface area contributed by atoms with Crippen LogP contribution in [0.2, 0.25) is 0 Å². The van der Waals surface area contributed by atoms with Gasteiger partial charge in [-0.3, -0.25) is 13.8 Å². The van der Waals surface area contributed by atoms with Crippen LogP contribution in [0.5, 0.6) is 0 Å². The largest absolute Gasteiger partial charge is 0.472 e. The fourth-order valence-electron chi connectivity index (χ4n) is 3.28. The Kier molecular flexibility index (Phi) is 23.1. The van der Waals surface area contributed by atoms with E-state index in [-0.39, 0.29) is 13.0 Å². The molecule has 0 aliphatic carbocycles. The van der Waals surface area contributed by atoms with E-state index in [2.05, 4.69) is 28.1 Å². The normalized spacial score (nSPS) is 15.2. The molecule has 0 fully saturated rings. The third-order valence-electron chi connectivity index (χ3n) is 5.40. The number of aliphatic hydroxyl groups is 3. The van der Waals surface area contributed by atoms with Gasteiger partial charge >= 0.3 is 13.8 Å². The SMILES string of the molecule is CCCCCCCCC/C=C\CCCCCCCC(=O)OCC(O)COP(=O)(O)OCC(O)CO. The number of phosphoric acid groups is 1. The van der Waals surface area contributed by atoms with Crippen LogP contribution in [-0.4, -0.2) is 64.8 Å². The van der Waals surface area contributed by atoms with Crippen molar-refractivity contribution in [2.45, 2.75) is 115 Å². The highest BCUT2D eigenvalue weighted by Crippen LogP contribution is 2.43. The van der Waals surface area contributed by atoms with Crippen molar-refractivity contribution in [3.05, 3.63) is 12.2 Å². The molecule has 0 rings (SSSR count). The molecule has 10 heteroatoms. The summed E-state index contributed by atoms with van der Waals surface area (Å²) in [4.78, 5) is 21.1. The maximum absolute atomic E-state index is 11.7. The van der Waals surface area contributed by atoms with Crippen LogP contribution in [0.3, 0.4) is 0 Å². The molecule has 0 aromatic carbocycles. The molecule has 0 aliphatic rings. The van der Waals surface area contributed by atoms with E-state index in [1.807, 2.05) is 0 Å². The number of ether oxygens (including phenoxy) is 1. The van der Waals surface area contributed by atoms with Crippen molar-refractivity contribution in [1.29, 1.82) is 0 Å². The number of hydrogen-bond acceptors (Lipinski definition) is 8. The highest BCUT2D eigenvalue weighted by atomic mass is 31.2. The molecule has 35 heavy (non-hydrogen) atoms. The first-order valence-corrected chi connectivity index (χ1v) is 14.7. The second-order valence-corrected chi connectivity index (χ2v) is 10.4. The average Bonchev–Trinajstić information content (AvgIpc) is 2.84. The van der Waals surface area contributed by atoms with Crippen molar-refractivity contribution in [3.8, 4) is 0 Å². The molecule has 0 spiro atoms. The molecule has 3 unspecified atom stereocenters. The maximum atomic E-state index is 11.7. The molecule has 0 heterocycles. The monoisotopic (exact) mass is 524 g/mol. The first kappa shape index (κ1) is 34.2. The lowest BCUT2D eigenvalue weighted by molar-refractivity contribution is -0.147. The van der Waals surface area contributed by atoms with Crippen molar-refractivity contribution in [3.63, 3.8) is 0 Å². The van der Waals surface area contributed by atoms with E-state index < -0.39 is 45.8 Å². The van der Waals surface area contributed by atoms with Gasteiger partial charge in [-0.05, 0) is 32.1 Å². The maximum Gasteiger partial charge on any atom is 0.472 e. The van der Waals surface area contributed by atoms with E-state index in [1.54, 1.807) is 0 Å². The molecular weight excluding hydrogens is 475 g/mol. The van der Waals surface area contributed by atoms with Crippen LogP contribution in [0.15, 0.2) is 12.2 Å². The minimum atomic E-state index is -4.48. The summed E-state index contributed by atoms with van der Waals surface area (Å²) in [6.07, 6.45) is 18.9. The van der Waals surface area contributed by atoms with Gasteiger partial charge in [-0.15, -0.1) is 0 Å². The van der Waals surface area contributed by atoms with Gasteiger partial charge < -0.3 is 24.9 Å². The van der Waals surface area contributed by atoms with Gasteiger partial charge in [0.05, 0.1) is 19.8 Å². The summed E-state index contributed by atoms with van der Waals surface area (Å²) in [5.41, 5.74) is 0. The first-order chi connectivity index (χ1) is 16.8. The van der Waals surface area contributed by atoms with Crippen molar-refractivity contribution < 1.29 is 43.4 Å². The third kappa shape index (κ3) is 24.7. The van der Waals surface area contributed by atoms with Gasteiger partial charge in [0, 0.05) is 6.42 Å². The van der Waals surface area contributed by atoms with Crippen LogP contribution in [0.1, 0.15) is 103 Å². The van der Waals surface area contributed by atoms with Crippen LogP contribution < -0.4 is 0 Å². The Labute approximate surface area is 211 Å². The van der Waals surface area contributed by atoms with Crippen molar-refractivity contribution in [1.82, 2.24) is 0 Å². The van der Waals surface area contributed by atoms with Crippen molar-refractivity contribution in [2.75, 3.05) is 26.4 Å². The Morgan fingerprint density at radius 2 is 1.26 bits per heavy atom. The number of esters is 1. The van der Waals surface area contributed by atoms with E-state index >= 15 is 0 Å². The highest BCUT2D eigenvalue weighted by Gasteiger charge is 2.24. The van der Waals surface area contributed by atoms with Crippen LogP contribution in [-0.2, 0) is 23.1 Å². The smallest absolute Gasteiger partial charge is 0.463 e. The summed E-state index contributed by atoms with van der Waals surface area (Å²) in [5, 5.41) is 27.4. The van der Waals surface area contributed by atoms with Gasteiger partial charge in [-0.2, -0.15) is 0 Å². The predicted octanol–water partition coefficient (Wildman–Crippen LogP) is 4.80. The number of phosphoric ester groups is 1. The zero-order valence-corrected chi connectivity index (χ0v) is 22.4. The van der Waals surface area contributed by atoms with E-state index in [4.69, 9.17) is 14.9 Å². The predicted molar refractivity (Wildman–Crippen MR) is 136 cm³/mol. The van der Waals surface area contributed by atoms with Gasteiger partial charge in [-0.1, -0.05) is 76.9 Å². The van der Waals surface area contributed by atoms with Gasteiger partial charge in [0.2, 0.25) is 0 Å². The van der Waals surface area contributed by atoms with Crippen LogP contribution in [0.4, 0.5) is 0 Å². The first-order valence-electron chi connectivity index (χ1n) is 13.2. The average molecular weight is 525 g/mol. The number of carbonyl (C=O) groups is 1. The summed E-state index contributed by atoms with van der Waals surface area (Å²) >= 11 is 0. The molecule has 0 bridgehead atoms. The minimum absolute atomic E-state index is 0.257. The number of unbranched alkanes of at least 4 members (excludes halogenated alkanes) is 12. The Hall–Kier alpha value is -0.800. The zero-order valence-electron chi connectivity index (χ0n) is 21.5. The van der Waals surface area contributed by atoms with Crippen LogP contribution in [0.25, 0.3) is 0 Å². The molecule has 0 saturated heterocycles. The Balaban J connectivity index is 3.54. The number of allylic oxidation sites excluding steroid dienone is 2. The second kappa shape index (κ2) is 23.6. The minimum Gasteiger partial charge on any atom is -0.463 e. The molecule has 3 atom stereocenters. The molecule has 0 aromatic heterocycles. The number of hydrogen-bond donors (Lipinski definition) is 4. The van der Waals surface area contributed by atoms with Crippen molar-refractivity contribution >= 4 is 13.8 Å². The lowest BCUT2D eigenvalue weighted by atomic mass is 10.1. The number of rotatable bonds is 25. The lowest BCUT2D eigenvalue weighted by Gasteiger charge is -2.16. The van der Waals surface area contributed by atoms with Crippen LogP contribution in [0, 0.1) is 0 Å². The molecule has 9 nitrogen and oxygen atoms in total. The Morgan fingerprint density at radius 1 is 0.771 bits per heavy atom. The Morgan fingerprint density at radius 3 is 1.80 bits per heavy atom. The molecule has 208 valence electrons. The molecular formula is C25H49O9P. The van der Waals surface area contributed by atoms with Gasteiger partial charge in [0.1, 0.15) is 18.8 Å². The molecule has 0 amide bonds. The van der Waals surface area contributed by atoms with Crippen molar-refractivity contribution in [2.24, 2.45) is 0 Å². The zero-order chi connectivity index (χ0) is 26.2. The van der Waals surface area contributed by atoms with Gasteiger partial charge in [0.15, 0.2) is 0 Å². The molecule has 0 radical (unpaired) electrons. The highest BCUT2D eigenvalue weighted by molar-refractivity contribution is 7.47. The summed E-state index contributed by atoms with van der Waals surface area (Å²) in [6, 6.07) is 0. The summed E-state index contributed by atoms with van der Waals surface area (Å²) in [5.74, 6) is -0.438. The van der Waals surface area contributed by atoms with E-state index in [1.165, 1.54) is 51.4 Å². The number of aliphatic hydroxyl groups excluding tert-OH is 3. The lowest BCUT2D eigenvalue weighted by Crippen LogP contribution is -2.24. The Bertz CT molecular complexity index is 571. The quantitative estimate of drug-likeness (QED) is 0.0573. The summed E-state index contributed by atoms with van der Waals surface area (Å²) < 4.78 is 25.5. The second-order valence-electron chi connectivity index (χ2n) is 8.92. The number of carbonyl (C=O) groups excluding carboxylic acids is 1. The third-order valence-corrected chi connectivity index (χ3v) is 6.35. The summed E-state index contributed by atoms with van der Waals surface area (Å²) in [7, 11) is -4.48.